The molecule has 0 saturated heterocycles. The molecule has 0 spiro atoms. The summed E-state index contributed by atoms with van der Waals surface area (Å²) in [6.07, 6.45) is 1.61. The van der Waals surface area contributed by atoms with E-state index in [1.807, 2.05) is 48.5 Å². The third-order valence-corrected chi connectivity index (χ3v) is 3.96. The van der Waals surface area contributed by atoms with Gasteiger partial charge in [-0.05, 0) is 23.8 Å². The van der Waals surface area contributed by atoms with Gasteiger partial charge in [0.15, 0.2) is 0 Å². The Morgan fingerprint density at radius 3 is 2.65 bits per heavy atom. The van der Waals surface area contributed by atoms with Gasteiger partial charge in [-0.25, -0.2) is 4.98 Å². The maximum atomic E-state index is 10.8. The maximum absolute atomic E-state index is 10.8. The molecule has 26 heavy (non-hydrogen) atoms. The van der Waals surface area contributed by atoms with E-state index >= 15 is 0 Å². The molecular formula is C20H14N4O2. The zero-order valence-corrected chi connectivity index (χ0v) is 13.7. The summed E-state index contributed by atoms with van der Waals surface area (Å²) >= 11 is 0. The number of nitro benzene ring substituents is 1. The van der Waals surface area contributed by atoms with Gasteiger partial charge in [-0.3, -0.25) is 15.1 Å². The Balaban J connectivity index is 1.63. The molecule has 126 valence electrons. The Hall–Kier alpha value is -3.80. The molecular weight excluding hydrogens is 328 g/mol. The average Bonchev–Trinajstić information content (AvgIpc) is 3.11. The number of aromatic amines is 1. The molecule has 0 aliphatic rings. The summed E-state index contributed by atoms with van der Waals surface area (Å²) in [5.41, 5.74) is 4.23. The maximum Gasteiger partial charge on any atom is 0.270 e. The lowest BCUT2D eigenvalue weighted by molar-refractivity contribution is -0.384. The minimum Gasteiger partial charge on any atom is -0.338 e. The molecule has 0 fully saturated rings. The van der Waals surface area contributed by atoms with Crippen molar-refractivity contribution >= 4 is 28.6 Å². The van der Waals surface area contributed by atoms with Gasteiger partial charge in [0.2, 0.25) is 0 Å². The van der Waals surface area contributed by atoms with E-state index < -0.39 is 4.92 Å². The Bertz CT molecular complexity index is 1120. The van der Waals surface area contributed by atoms with Crippen molar-refractivity contribution in [3.8, 4) is 11.4 Å². The third kappa shape index (κ3) is 3.21. The number of H-pyrrole nitrogens is 1. The van der Waals surface area contributed by atoms with Crippen molar-refractivity contribution in [2.24, 2.45) is 4.99 Å². The molecule has 4 rings (SSSR count). The molecule has 0 aliphatic carbocycles. The first kappa shape index (κ1) is 15.7. The number of rotatable bonds is 4. The Morgan fingerprint density at radius 1 is 1.00 bits per heavy atom. The summed E-state index contributed by atoms with van der Waals surface area (Å²) in [4.78, 5) is 22.7. The molecule has 1 N–H and O–H groups in total. The molecule has 3 aromatic carbocycles. The Labute approximate surface area is 149 Å². The topological polar surface area (TPSA) is 84.2 Å². The molecule has 0 atom stereocenters. The molecule has 4 aromatic rings. The third-order valence-electron chi connectivity index (χ3n) is 3.96. The predicted molar refractivity (Wildman–Crippen MR) is 102 cm³/mol. The highest BCUT2D eigenvalue weighted by atomic mass is 16.6. The van der Waals surface area contributed by atoms with Crippen LogP contribution >= 0.6 is 0 Å². The Morgan fingerprint density at radius 2 is 1.85 bits per heavy atom. The number of nitrogens with zero attached hydrogens (tertiary/aromatic N) is 3. The molecule has 0 radical (unpaired) electrons. The second kappa shape index (κ2) is 6.60. The van der Waals surface area contributed by atoms with E-state index in [9.17, 15) is 10.1 Å². The first-order valence-electron chi connectivity index (χ1n) is 8.03. The van der Waals surface area contributed by atoms with Crippen LogP contribution in [0.1, 0.15) is 5.56 Å². The summed E-state index contributed by atoms with van der Waals surface area (Å²) in [6, 6.07) is 21.9. The number of aromatic nitrogens is 2. The van der Waals surface area contributed by atoms with Gasteiger partial charge >= 0.3 is 0 Å². The fourth-order valence-electron chi connectivity index (χ4n) is 2.68. The largest absolute Gasteiger partial charge is 0.338 e. The van der Waals surface area contributed by atoms with E-state index in [0.717, 1.165) is 28.1 Å². The van der Waals surface area contributed by atoms with Crippen molar-refractivity contribution in [3.05, 3.63) is 88.5 Å². The van der Waals surface area contributed by atoms with Gasteiger partial charge in [0, 0.05) is 23.9 Å². The average molecular weight is 342 g/mol. The minimum atomic E-state index is -0.418. The van der Waals surface area contributed by atoms with Crippen LogP contribution in [0, 0.1) is 10.1 Å². The van der Waals surface area contributed by atoms with Crippen LogP contribution in [0.25, 0.3) is 22.4 Å². The smallest absolute Gasteiger partial charge is 0.270 e. The quantitative estimate of drug-likeness (QED) is 0.325. The van der Waals surface area contributed by atoms with Crippen molar-refractivity contribution in [2.45, 2.75) is 0 Å². The van der Waals surface area contributed by atoms with E-state index in [4.69, 9.17) is 0 Å². The zero-order valence-electron chi connectivity index (χ0n) is 13.7. The van der Waals surface area contributed by atoms with Gasteiger partial charge in [-0.1, -0.05) is 42.5 Å². The van der Waals surface area contributed by atoms with E-state index in [-0.39, 0.29) is 5.69 Å². The molecule has 0 unspecified atom stereocenters. The first-order valence-corrected chi connectivity index (χ1v) is 8.03. The number of nitrogens with one attached hydrogen (secondary N) is 1. The van der Waals surface area contributed by atoms with Gasteiger partial charge in [0.1, 0.15) is 5.82 Å². The summed E-state index contributed by atoms with van der Waals surface area (Å²) < 4.78 is 0. The SMILES string of the molecule is O=[N+]([O-])c1cccc(C=Nc2ccc3nc(-c4ccccc4)[nH]c3c2)c1. The fraction of sp³-hybridized carbons (Fsp3) is 0. The number of hydrogen-bond donors (Lipinski definition) is 1. The van der Waals surface area contributed by atoms with E-state index in [2.05, 4.69) is 15.0 Å². The highest BCUT2D eigenvalue weighted by Crippen LogP contribution is 2.24. The van der Waals surface area contributed by atoms with Crippen LogP contribution in [0.5, 0.6) is 0 Å². The molecule has 1 heterocycles. The van der Waals surface area contributed by atoms with E-state index in [0.29, 0.717) is 5.56 Å². The second-order valence-electron chi connectivity index (χ2n) is 5.76. The second-order valence-corrected chi connectivity index (χ2v) is 5.76. The van der Waals surface area contributed by atoms with Gasteiger partial charge in [0.25, 0.3) is 5.69 Å². The molecule has 0 aliphatic heterocycles. The lowest BCUT2D eigenvalue weighted by atomic mass is 10.2. The van der Waals surface area contributed by atoms with Crippen molar-refractivity contribution < 1.29 is 4.92 Å². The van der Waals surface area contributed by atoms with Gasteiger partial charge in [-0.15, -0.1) is 0 Å². The zero-order chi connectivity index (χ0) is 17.9. The standard InChI is InChI=1S/C20H14N4O2/c25-24(26)17-8-4-5-14(11-17)13-21-16-9-10-18-19(12-16)23-20(22-18)15-6-2-1-3-7-15/h1-13H,(H,22,23). The Kier molecular flexibility index (Phi) is 3.99. The lowest BCUT2D eigenvalue weighted by Gasteiger charge is -1.96. The van der Waals surface area contributed by atoms with Crippen LogP contribution in [0.2, 0.25) is 0 Å². The molecule has 0 amide bonds. The first-order chi connectivity index (χ1) is 12.7. The van der Waals surface area contributed by atoms with Crippen LogP contribution in [-0.4, -0.2) is 21.1 Å². The van der Waals surface area contributed by atoms with Crippen molar-refractivity contribution in [2.75, 3.05) is 0 Å². The molecule has 0 saturated carbocycles. The van der Waals surface area contributed by atoms with Crippen LogP contribution < -0.4 is 0 Å². The number of imidazole rings is 1. The van der Waals surface area contributed by atoms with Crippen LogP contribution in [0.4, 0.5) is 11.4 Å². The summed E-state index contributed by atoms with van der Waals surface area (Å²) in [5, 5.41) is 10.8. The van der Waals surface area contributed by atoms with Crippen LogP contribution in [-0.2, 0) is 0 Å². The van der Waals surface area contributed by atoms with Crippen molar-refractivity contribution in [1.82, 2.24) is 9.97 Å². The minimum absolute atomic E-state index is 0.0467. The molecule has 6 nitrogen and oxygen atoms in total. The number of non-ortho nitro benzene ring substituents is 1. The van der Waals surface area contributed by atoms with Gasteiger partial charge in [-0.2, -0.15) is 0 Å². The van der Waals surface area contributed by atoms with E-state index in [1.165, 1.54) is 12.1 Å². The van der Waals surface area contributed by atoms with Gasteiger partial charge < -0.3 is 4.98 Å². The summed E-state index contributed by atoms with van der Waals surface area (Å²) in [7, 11) is 0. The monoisotopic (exact) mass is 342 g/mol. The fourth-order valence-corrected chi connectivity index (χ4v) is 2.68. The summed E-state index contributed by atoms with van der Waals surface area (Å²) in [5.74, 6) is 0.806. The number of fused-ring (bicyclic) bond motifs is 1. The highest BCUT2D eigenvalue weighted by molar-refractivity contribution is 5.86. The molecule has 1 aromatic heterocycles. The molecule has 6 heteroatoms. The number of nitro groups is 1. The predicted octanol–water partition coefficient (Wildman–Crippen LogP) is 4.89. The van der Waals surface area contributed by atoms with Crippen LogP contribution in [0.15, 0.2) is 77.8 Å². The van der Waals surface area contributed by atoms with Crippen molar-refractivity contribution in [3.63, 3.8) is 0 Å². The molecule has 0 bridgehead atoms. The number of aliphatic imine (C=N–C) groups is 1. The number of benzene rings is 3. The van der Waals surface area contributed by atoms with Gasteiger partial charge in [0.05, 0.1) is 21.6 Å². The lowest BCUT2D eigenvalue weighted by Crippen LogP contribution is -1.89. The summed E-state index contributed by atoms with van der Waals surface area (Å²) in [6.45, 7) is 0. The van der Waals surface area contributed by atoms with E-state index in [1.54, 1.807) is 18.3 Å². The van der Waals surface area contributed by atoms with Crippen molar-refractivity contribution in [1.29, 1.82) is 0 Å². The number of hydrogen-bond acceptors (Lipinski definition) is 4. The highest BCUT2D eigenvalue weighted by Gasteiger charge is 2.06. The van der Waals surface area contributed by atoms with Crippen LogP contribution in [0.3, 0.4) is 0 Å². The normalized spacial score (nSPS) is 11.2.